The van der Waals surface area contributed by atoms with Gasteiger partial charge in [-0.15, -0.1) is 0 Å². The summed E-state index contributed by atoms with van der Waals surface area (Å²) in [6, 6.07) is 4.96. The second kappa shape index (κ2) is 6.96. The first kappa shape index (κ1) is 15.9. The molecule has 6 nitrogen and oxygen atoms in total. The summed E-state index contributed by atoms with van der Waals surface area (Å²) in [6.07, 6.45) is 1.34. The Balaban J connectivity index is 2.35. The first-order valence-electron chi connectivity index (χ1n) is 6.54. The van der Waals surface area contributed by atoms with E-state index >= 15 is 0 Å². The first-order valence-corrected chi connectivity index (χ1v) is 6.92. The maximum atomic E-state index is 6.98. The second-order valence-electron chi connectivity index (χ2n) is 4.63. The largest absolute Gasteiger partial charge is 0.489 e. The minimum atomic E-state index is -0.0433. The third kappa shape index (κ3) is 3.57. The lowest BCUT2D eigenvalue weighted by molar-refractivity contribution is 0.220. The average Bonchev–Trinajstić information content (AvgIpc) is 2.49. The van der Waals surface area contributed by atoms with Gasteiger partial charge in [0.25, 0.3) is 5.88 Å². The Morgan fingerprint density at radius 2 is 2.09 bits per heavy atom. The molecular weight excluding hydrogens is 304 g/mol. The van der Waals surface area contributed by atoms with Crippen LogP contribution < -0.4 is 14.8 Å². The quantitative estimate of drug-likeness (QED) is 0.836. The molecular formula is C15H15ClN4O2. The van der Waals surface area contributed by atoms with Gasteiger partial charge in [0.1, 0.15) is 6.33 Å². The van der Waals surface area contributed by atoms with E-state index in [1.807, 2.05) is 13.8 Å². The smallest absolute Gasteiger partial charge is 0.262 e. The van der Waals surface area contributed by atoms with Crippen molar-refractivity contribution in [3.05, 3.63) is 41.0 Å². The SMILES string of the molecule is [C-]#[N+]c1ccc(Nc2ncnc(OC(C)C)c2OC)c(Cl)c1. The Kier molecular flexibility index (Phi) is 5.02. The average molecular weight is 319 g/mol. The summed E-state index contributed by atoms with van der Waals surface area (Å²) in [5.41, 5.74) is 1.08. The number of nitrogens with one attached hydrogen (secondary N) is 1. The van der Waals surface area contributed by atoms with Crippen molar-refractivity contribution in [1.82, 2.24) is 9.97 Å². The van der Waals surface area contributed by atoms with E-state index in [0.29, 0.717) is 33.8 Å². The number of anilines is 2. The molecule has 0 aliphatic carbocycles. The van der Waals surface area contributed by atoms with E-state index in [2.05, 4.69) is 20.1 Å². The molecule has 0 spiro atoms. The van der Waals surface area contributed by atoms with Crippen molar-refractivity contribution in [2.45, 2.75) is 20.0 Å². The minimum absolute atomic E-state index is 0.0433. The topological polar surface area (TPSA) is 60.6 Å². The van der Waals surface area contributed by atoms with Gasteiger partial charge in [-0.05, 0) is 26.0 Å². The molecule has 7 heteroatoms. The molecule has 114 valence electrons. The van der Waals surface area contributed by atoms with Gasteiger partial charge < -0.3 is 14.8 Å². The van der Waals surface area contributed by atoms with Gasteiger partial charge in [0.05, 0.1) is 30.5 Å². The van der Waals surface area contributed by atoms with E-state index in [9.17, 15) is 0 Å². The molecule has 0 aliphatic heterocycles. The van der Waals surface area contributed by atoms with E-state index in [1.165, 1.54) is 13.4 Å². The van der Waals surface area contributed by atoms with Crippen LogP contribution in [0, 0.1) is 6.57 Å². The van der Waals surface area contributed by atoms with Crippen LogP contribution in [0.5, 0.6) is 11.6 Å². The summed E-state index contributed by atoms with van der Waals surface area (Å²) < 4.78 is 10.9. The lowest BCUT2D eigenvalue weighted by Gasteiger charge is -2.15. The van der Waals surface area contributed by atoms with E-state index < -0.39 is 0 Å². The number of ether oxygens (including phenoxy) is 2. The van der Waals surface area contributed by atoms with Crippen LogP contribution >= 0.6 is 11.6 Å². The highest BCUT2D eigenvalue weighted by atomic mass is 35.5. The molecule has 0 atom stereocenters. The normalized spacial score (nSPS) is 10.2. The molecule has 0 amide bonds. The van der Waals surface area contributed by atoms with Crippen molar-refractivity contribution in [3.8, 4) is 11.6 Å². The Morgan fingerprint density at radius 1 is 1.32 bits per heavy atom. The zero-order valence-corrected chi connectivity index (χ0v) is 13.2. The van der Waals surface area contributed by atoms with Crippen LogP contribution in [0.2, 0.25) is 5.02 Å². The number of hydrogen-bond donors (Lipinski definition) is 1. The number of rotatable bonds is 5. The summed E-state index contributed by atoms with van der Waals surface area (Å²) in [4.78, 5) is 11.5. The standard InChI is InChI=1S/C15H15ClN4O2/c1-9(2)22-15-13(21-4)14(18-8-19-15)20-12-6-5-10(17-3)7-11(12)16/h5-9H,1-2,4H3,(H,18,19,20). The van der Waals surface area contributed by atoms with Gasteiger partial charge in [-0.1, -0.05) is 17.7 Å². The molecule has 0 aliphatic rings. The number of nitrogens with zero attached hydrogens (tertiary/aromatic N) is 3. The van der Waals surface area contributed by atoms with Gasteiger partial charge in [-0.2, -0.15) is 4.98 Å². The number of aromatic nitrogens is 2. The van der Waals surface area contributed by atoms with Crippen molar-refractivity contribution < 1.29 is 9.47 Å². The van der Waals surface area contributed by atoms with Gasteiger partial charge in [0, 0.05) is 0 Å². The maximum absolute atomic E-state index is 6.98. The summed E-state index contributed by atoms with van der Waals surface area (Å²) in [5.74, 6) is 1.18. The summed E-state index contributed by atoms with van der Waals surface area (Å²) >= 11 is 6.16. The summed E-state index contributed by atoms with van der Waals surface area (Å²) in [7, 11) is 1.51. The van der Waals surface area contributed by atoms with Gasteiger partial charge in [0.15, 0.2) is 11.5 Å². The van der Waals surface area contributed by atoms with Gasteiger partial charge in [-0.3, -0.25) is 0 Å². The lowest BCUT2D eigenvalue weighted by atomic mass is 10.3. The van der Waals surface area contributed by atoms with Crippen LogP contribution in [0.3, 0.4) is 0 Å². The van der Waals surface area contributed by atoms with Crippen molar-refractivity contribution in [1.29, 1.82) is 0 Å². The van der Waals surface area contributed by atoms with Crippen LogP contribution in [0.1, 0.15) is 13.8 Å². The van der Waals surface area contributed by atoms with Crippen molar-refractivity contribution in [2.75, 3.05) is 12.4 Å². The van der Waals surface area contributed by atoms with E-state index in [4.69, 9.17) is 27.6 Å². The number of halogens is 1. The minimum Gasteiger partial charge on any atom is -0.489 e. The molecule has 1 heterocycles. The fraction of sp³-hybridized carbons (Fsp3) is 0.267. The molecule has 1 aromatic carbocycles. The molecule has 0 unspecified atom stereocenters. The van der Waals surface area contributed by atoms with Gasteiger partial charge in [0.2, 0.25) is 5.75 Å². The lowest BCUT2D eigenvalue weighted by Crippen LogP contribution is -2.09. The van der Waals surface area contributed by atoms with Gasteiger partial charge in [-0.25, -0.2) is 9.83 Å². The summed E-state index contributed by atoms with van der Waals surface area (Å²) in [6.45, 7) is 10.8. The number of methoxy groups -OCH3 is 1. The Bertz CT molecular complexity index is 713. The number of benzene rings is 1. The zero-order valence-electron chi connectivity index (χ0n) is 12.4. The Morgan fingerprint density at radius 3 is 2.68 bits per heavy atom. The highest BCUT2D eigenvalue weighted by molar-refractivity contribution is 6.33. The van der Waals surface area contributed by atoms with Crippen molar-refractivity contribution in [3.63, 3.8) is 0 Å². The Hall–Kier alpha value is -2.52. The molecule has 0 bridgehead atoms. The third-order valence-corrected chi connectivity index (χ3v) is 2.97. The molecule has 0 radical (unpaired) electrons. The van der Waals surface area contributed by atoms with Crippen LogP contribution in [-0.2, 0) is 0 Å². The molecule has 0 fully saturated rings. The highest BCUT2D eigenvalue weighted by Crippen LogP contribution is 2.36. The van der Waals surface area contributed by atoms with Gasteiger partial charge >= 0.3 is 0 Å². The van der Waals surface area contributed by atoms with Crippen LogP contribution in [0.15, 0.2) is 24.5 Å². The molecule has 0 saturated carbocycles. The van der Waals surface area contributed by atoms with Crippen molar-refractivity contribution >= 4 is 28.8 Å². The predicted octanol–water partition coefficient (Wildman–Crippen LogP) is 4.22. The first-order chi connectivity index (χ1) is 10.5. The fourth-order valence-electron chi connectivity index (χ4n) is 1.74. The molecule has 2 aromatic rings. The summed E-state index contributed by atoms with van der Waals surface area (Å²) in [5, 5.41) is 3.48. The maximum Gasteiger partial charge on any atom is 0.262 e. The molecule has 2 rings (SSSR count). The molecule has 0 saturated heterocycles. The molecule has 22 heavy (non-hydrogen) atoms. The van der Waals surface area contributed by atoms with Crippen LogP contribution in [0.4, 0.5) is 17.2 Å². The van der Waals surface area contributed by atoms with E-state index in [0.717, 1.165) is 0 Å². The van der Waals surface area contributed by atoms with Crippen LogP contribution in [-0.4, -0.2) is 23.2 Å². The van der Waals surface area contributed by atoms with Crippen LogP contribution in [0.25, 0.3) is 4.85 Å². The zero-order chi connectivity index (χ0) is 16.1. The monoisotopic (exact) mass is 318 g/mol. The third-order valence-electron chi connectivity index (χ3n) is 2.66. The fourth-order valence-corrected chi connectivity index (χ4v) is 1.96. The van der Waals surface area contributed by atoms with E-state index in [-0.39, 0.29) is 6.10 Å². The molecule has 1 aromatic heterocycles. The Labute approximate surface area is 133 Å². The second-order valence-corrected chi connectivity index (χ2v) is 5.04. The number of hydrogen-bond acceptors (Lipinski definition) is 5. The highest BCUT2D eigenvalue weighted by Gasteiger charge is 2.15. The van der Waals surface area contributed by atoms with Crippen molar-refractivity contribution in [2.24, 2.45) is 0 Å². The molecule has 1 N–H and O–H groups in total. The van der Waals surface area contributed by atoms with E-state index in [1.54, 1.807) is 18.2 Å². The predicted molar refractivity (Wildman–Crippen MR) is 85.3 cm³/mol.